The first-order valence-corrected chi connectivity index (χ1v) is 7.48. The summed E-state index contributed by atoms with van der Waals surface area (Å²) in [5, 5.41) is 0.738. The SMILES string of the molecule is CCCCCCn1c(CCN)nc2cc(Cl)ccc21. The minimum atomic E-state index is 0.631. The molecule has 0 aliphatic rings. The Kier molecular flexibility index (Phi) is 5.23. The second-order valence-corrected chi connectivity index (χ2v) is 5.35. The normalized spacial score (nSPS) is 11.3. The van der Waals surface area contributed by atoms with Gasteiger partial charge in [0.05, 0.1) is 11.0 Å². The Morgan fingerprint density at radius 1 is 1.26 bits per heavy atom. The van der Waals surface area contributed by atoms with Crippen LogP contribution in [0.4, 0.5) is 0 Å². The van der Waals surface area contributed by atoms with Gasteiger partial charge in [0, 0.05) is 18.0 Å². The number of unbranched alkanes of at least 4 members (excludes halogenated alkanes) is 3. The Bertz CT molecular complexity index is 533. The van der Waals surface area contributed by atoms with E-state index in [4.69, 9.17) is 17.3 Å². The van der Waals surface area contributed by atoms with Crippen molar-refractivity contribution in [1.29, 1.82) is 0 Å². The zero-order valence-electron chi connectivity index (χ0n) is 11.5. The highest BCUT2D eigenvalue weighted by atomic mass is 35.5. The van der Waals surface area contributed by atoms with Gasteiger partial charge in [0.15, 0.2) is 0 Å². The number of rotatable bonds is 7. The molecule has 104 valence electrons. The van der Waals surface area contributed by atoms with E-state index in [9.17, 15) is 0 Å². The van der Waals surface area contributed by atoms with Gasteiger partial charge in [-0.05, 0) is 31.2 Å². The third-order valence-corrected chi connectivity index (χ3v) is 3.63. The van der Waals surface area contributed by atoms with E-state index < -0.39 is 0 Å². The summed E-state index contributed by atoms with van der Waals surface area (Å²) in [4.78, 5) is 4.66. The van der Waals surface area contributed by atoms with E-state index in [1.54, 1.807) is 0 Å². The van der Waals surface area contributed by atoms with Crippen LogP contribution < -0.4 is 5.73 Å². The molecule has 0 aliphatic carbocycles. The Labute approximate surface area is 119 Å². The molecule has 1 heterocycles. The lowest BCUT2D eigenvalue weighted by molar-refractivity contribution is 0.574. The summed E-state index contributed by atoms with van der Waals surface area (Å²) in [7, 11) is 0. The highest BCUT2D eigenvalue weighted by Gasteiger charge is 2.10. The number of nitrogens with two attached hydrogens (primary N) is 1. The van der Waals surface area contributed by atoms with Gasteiger partial charge in [0.1, 0.15) is 5.82 Å². The Morgan fingerprint density at radius 2 is 2.11 bits per heavy atom. The van der Waals surface area contributed by atoms with Gasteiger partial charge in [-0.3, -0.25) is 0 Å². The molecule has 4 heteroatoms. The highest BCUT2D eigenvalue weighted by Crippen LogP contribution is 2.21. The Balaban J connectivity index is 2.24. The summed E-state index contributed by atoms with van der Waals surface area (Å²) in [6, 6.07) is 5.92. The number of benzene rings is 1. The lowest BCUT2D eigenvalue weighted by atomic mass is 10.2. The van der Waals surface area contributed by atoms with E-state index in [1.165, 1.54) is 31.2 Å². The minimum Gasteiger partial charge on any atom is -0.330 e. The molecule has 3 nitrogen and oxygen atoms in total. The molecule has 0 aliphatic heterocycles. The highest BCUT2D eigenvalue weighted by molar-refractivity contribution is 6.31. The van der Waals surface area contributed by atoms with Gasteiger partial charge < -0.3 is 10.3 Å². The maximum atomic E-state index is 6.03. The molecule has 2 aromatic rings. The van der Waals surface area contributed by atoms with Crippen molar-refractivity contribution in [3.63, 3.8) is 0 Å². The van der Waals surface area contributed by atoms with Crippen LogP contribution in [0.15, 0.2) is 18.2 Å². The van der Waals surface area contributed by atoms with Crippen molar-refractivity contribution >= 4 is 22.6 Å². The van der Waals surface area contributed by atoms with E-state index in [1.807, 2.05) is 12.1 Å². The van der Waals surface area contributed by atoms with Gasteiger partial charge in [0.25, 0.3) is 0 Å². The number of imidazole rings is 1. The summed E-state index contributed by atoms with van der Waals surface area (Å²) in [6.07, 6.45) is 5.84. The predicted molar refractivity (Wildman–Crippen MR) is 81.6 cm³/mol. The summed E-state index contributed by atoms with van der Waals surface area (Å²) in [5.74, 6) is 1.08. The van der Waals surface area contributed by atoms with Crippen LogP contribution in [-0.2, 0) is 13.0 Å². The molecule has 0 amide bonds. The molecule has 0 bridgehead atoms. The average Bonchev–Trinajstić information content (AvgIpc) is 2.72. The summed E-state index contributed by atoms with van der Waals surface area (Å²) >= 11 is 6.03. The predicted octanol–water partition coefficient (Wildman–Crippen LogP) is 3.77. The van der Waals surface area contributed by atoms with Gasteiger partial charge >= 0.3 is 0 Å². The zero-order chi connectivity index (χ0) is 13.7. The molecule has 1 aromatic carbocycles. The van der Waals surface area contributed by atoms with Crippen molar-refractivity contribution in [1.82, 2.24) is 9.55 Å². The van der Waals surface area contributed by atoms with Gasteiger partial charge in [-0.25, -0.2) is 4.98 Å². The number of hydrogen-bond acceptors (Lipinski definition) is 2. The average molecular weight is 280 g/mol. The molecule has 2 N–H and O–H groups in total. The quantitative estimate of drug-likeness (QED) is 0.784. The second-order valence-electron chi connectivity index (χ2n) is 4.91. The van der Waals surface area contributed by atoms with Crippen molar-refractivity contribution in [2.24, 2.45) is 5.73 Å². The van der Waals surface area contributed by atoms with Crippen LogP contribution in [0, 0.1) is 0 Å². The molecular formula is C15H22ClN3. The number of aromatic nitrogens is 2. The third kappa shape index (κ3) is 3.48. The van der Waals surface area contributed by atoms with Crippen LogP contribution in [0.2, 0.25) is 5.02 Å². The maximum Gasteiger partial charge on any atom is 0.111 e. The molecule has 1 aromatic heterocycles. The van der Waals surface area contributed by atoms with Crippen LogP contribution in [0.1, 0.15) is 38.4 Å². The molecular weight excluding hydrogens is 258 g/mol. The minimum absolute atomic E-state index is 0.631. The smallest absolute Gasteiger partial charge is 0.111 e. The van der Waals surface area contributed by atoms with Crippen molar-refractivity contribution in [3.05, 3.63) is 29.0 Å². The Hall–Kier alpha value is -1.06. The molecule has 0 saturated carbocycles. The lowest BCUT2D eigenvalue weighted by Gasteiger charge is -2.08. The molecule has 0 atom stereocenters. The fourth-order valence-corrected chi connectivity index (χ4v) is 2.59. The van der Waals surface area contributed by atoms with Crippen LogP contribution >= 0.6 is 11.6 Å². The van der Waals surface area contributed by atoms with E-state index in [2.05, 4.69) is 22.5 Å². The number of nitrogens with zero attached hydrogens (tertiary/aromatic N) is 2. The molecule has 0 saturated heterocycles. The fourth-order valence-electron chi connectivity index (χ4n) is 2.42. The maximum absolute atomic E-state index is 6.03. The van der Waals surface area contributed by atoms with Gasteiger partial charge in [0.2, 0.25) is 0 Å². The van der Waals surface area contributed by atoms with Gasteiger partial charge in [-0.1, -0.05) is 37.8 Å². The molecule has 2 rings (SSSR count). The number of aryl methyl sites for hydroxylation is 1. The number of hydrogen-bond donors (Lipinski definition) is 1. The molecule has 0 fully saturated rings. The van der Waals surface area contributed by atoms with Crippen molar-refractivity contribution < 1.29 is 0 Å². The molecule has 0 spiro atoms. The summed E-state index contributed by atoms with van der Waals surface area (Å²) in [5.41, 5.74) is 7.83. The zero-order valence-corrected chi connectivity index (χ0v) is 12.3. The van der Waals surface area contributed by atoms with E-state index in [-0.39, 0.29) is 0 Å². The van der Waals surface area contributed by atoms with Crippen LogP contribution in [-0.4, -0.2) is 16.1 Å². The summed E-state index contributed by atoms with van der Waals surface area (Å²) < 4.78 is 2.30. The standard InChI is InChI=1S/C15H22ClN3/c1-2-3-4-5-10-19-14-7-6-12(16)11-13(14)18-15(19)8-9-17/h6-7,11H,2-5,8-10,17H2,1H3. The van der Waals surface area contributed by atoms with Crippen molar-refractivity contribution in [2.75, 3.05) is 6.54 Å². The lowest BCUT2D eigenvalue weighted by Crippen LogP contribution is -2.10. The Morgan fingerprint density at radius 3 is 2.84 bits per heavy atom. The van der Waals surface area contributed by atoms with Crippen LogP contribution in [0.5, 0.6) is 0 Å². The first kappa shape index (κ1) is 14.4. The first-order chi connectivity index (χ1) is 9.26. The monoisotopic (exact) mass is 279 g/mol. The molecule has 19 heavy (non-hydrogen) atoms. The van der Waals surface area contributed by atoms with E-state index in [0.717, 1.165) is 29.3 Å². The number of fused-ring (bicyclic) bond motifs is 1. The topological polar surface area (TPSA) is 43.8 Å². The third-order valence-electron chi connectivity index (χ3n) is 3.39. The first-order valence-electron chi connectivity index (χ1n) is 7.11. The number of halogens is 1. The largest absolute Gasteiger partial charge is 0.330 e. The van der Waals surface area contributed by atoms with Gasteiger partial charge in [-0.15, -0.1) is 0 Å². The molecule has 0 radical (unpaired) electrons. The second kappa shape index (κ2) is 6.92. The van der Waals surface area contributed by atoms with Crippen LogP contribution in [0.25, 0.3) is 11.0 Å². The van der Waals surface area contributed by atoms with Crippen molar-refractivity contribution in [3.8, 4) is 0 Å². The fraction of sp³-hybridized carbons (Fsp3) is 0.533. The van der Waals surface area contributed by atoms with E-state index in [0.29, 0.717) is 6.54 Å². The van der Waals surface area contributed by atoms with Crippen LogP contribution in [0.3, 0.4) is 0 Å². The molecule has 0 unspecified atom stereocenters. The van der Waals surface area contributed by atoms with E-state index >= 15 is 0 Å². The van der Waals surface area contributed by atoms with Crippen molar-refractivity contribution in [2.45, 2.75) is 45.6 Å². The summed E-state index contributed by atoms with van der Waals surface area (Å²) in [6.45, 7) is 3.88. The van der Waals surface area contributed by atoms with Gasteiger partial charge in [-0.2, -0.15) is 0 Å².